The van der Waals surface area contributed by atoms with Gasteiger partial charge in [0, 0.05) is 84.0 Å². The highest BCUT2D eigenvalue weighted by molar-refractivity contribution is 8.27. The molecule has 750 valence electrons. The molecule has 2 fully saturated rings. The summed E-state index contributed by atoms with van der Waals surface area (Å²) in [6.07, 6.45) is 76.3. The van der Waals surface area contributed by atoms with E-state index >= 15 is 0 Å². The predicted molar refractivity (Wildman–Crippen MR) is 631 cm³/mol. The molecule has 9 aromatic rings. The lowest BCUT2D eigenvalue weighted by atomic mass is 9.86. The van der Waals surface area contributed by atoms with E-state index in [1.54, 1.807) is 9.80 Å². The molecule has 0 saturated carbocycles. The Morgan fingerprint density at radius 1 is 0.314 bits per heavy atom. The number of aryl methyl sites for hydroxylation is 4. The number of amides is 2. The summed E-state index contributed by atoms with van der Waals surface area (Å²) in [6, 6.07) is 28.6. The first-order valence-electron chi connectivity index (χ1n) is 55.1. The summed E-state index contributed by atoms with van der Waals surface area (Å²) in [5.41, 5.74) is 18.0. The fraction of sp³-hybridized carbons (Fsp3) is 0.541. The Hall–Kier alpha value is -6.78. The highest BCUT2D eigenvalue weighted by Crippen LogP contribution is 2.50. The van der Waals surface area contributed by atoms with E-state index in [0.717, 1.165) is 159 Å². The first-order chi connectivity index (χ1) is 68.7. The number of nitrogens with one attached hydrogen (secondary N) is 2. The molecular weight excluding hydrogens is 1900 g/mol. The number of aromatic amines is 2. The van der Waals surface area contributed by atoms with Crippen LogP contribution in [0.15, 0.2) is 82.6 Å². The van der Waals surface area contributed by atoms with E-state index in [2.05, 4.69) is 198 Å². The predicted octanol–water partition coefficient (Wildman–Crippen LogP) is 40.2. The van der Waals surface area contributed by atoms with Crippen molar-refractivity contribution in [1.29, 1.82) is 0 Å². The van der Waals surface area contributed by atoms with Crippen LogP contribution in [0.25, 0.3) is 97.5 Å². The molecule has 2 unspecified atom stereocenters. The number of H-pyrrole nitrogens is 2. The Bertz CT molecular complexity index is 5630. The molecule has 9 aromatic heterocycles. The number of unbranched alkanes of at least 4 members (excludes halogenated alkanes) is 36. The van der Waals surface area contributed by atoms with Crippen molar-refractivity contribution in [2.24, 2.45) is 0 Å². The lowest BCUT2D eigenvalue weighted by Crippen LogP contribution is -2.27. The van der Waals surface area contributed by atoms with Crippen molar-refractivity contribution in [2.75, 3.05) is 13.1 Å². The minimum Gasteiger partial charge on any atom is -0.354 e. The molecule has 4 aliphatic heterocycles. The smallest absolute Gasteiger partial charge is 0.266 e. The summed E-state index contributed by atoms with van der Waals surface area (Å²) in [7, 11) is 0. The van der Waals surface area contributed by atoms with Crippen molar-refractivity contribution in [3.05, 3.63) is 169 Å². The van der Waals surface area contributed by atoms with E-state index in [4.69, 9.17) is 34.4 Å². The lowest BCUT2D eigenvalue weighted by Gasteiger charge is -2.19. The van der Waals surface area contributed by atoms with Gasteiger partial charge < -0.3 is 9.97 Å². The lowest BCUT2D eigenvalue weighted by molar-refractivity contribution is -0.122. The van der Waals surface area contributed by atoms with Crippen LogP contribution in [-0.2, 0) is 35.3 Å². The number of fused-ring (bicyclic) bond motifs is 8. The monoisotopic (exact) mass is 2060 g/mol. The average molecular weight is 2060 g/mol. The number of rotatable bonds is 62. The molecule has 2 N–H and O–H groups in total. The third-order valence-electron chi connectivity index (χ3n) is 28.4. The topological polar surface area (TPSA) is 98.0 Å². The van der Waals surface area contributed by atoms with Gasteiger partial charge in [0.2, 0.25) is 0 Å². The molecule has 8 bridgehead atoms. The average Bonchev–Trinajstić information content (AvgIpc) is 1.62. The third-order valence-corrected chi connectivity index (χ3v) is 38.5. The minimum absolute atomic E-state index is 0.0143. The van der Waals surface area contributed by atoms with Crippen LogP contribution in [0.2, 0.25) is 0 Å². The fourth-order valence-corrected chi connectivity index (χ4v) is 30.3. The molecule has 2 amide bonds. The van der Waals surface area contributed by atoms with Crippen molar-refractivity contribution >= 4 is 195 Å². The molecule has 0 aliphatic carbocycles. The van der Waals surface area contributed by atoms with E-state index in [0.29, 0.717) is 31.5 Å². The molecule has 0 aromatic carbocycles. The molecule has 2 saturated heterocycles. The van der Waals surface area contributed by atoms with E-state index in [-0.39, 0.29) is 23.7 Å². The molecule has 140 heavy (non-hydrogen) atoms. The second-order valence-corrected chi connectivity index (χ2v) is 49.3. The van der Waals surface area contributed by atoms with Gasteiger partial charge in [0.15, 0.2) is 0 Å². The van der Waals surface area contributed by atoms with Crippen molar-refractivity contribution in [3.63, 3.8) is 0 Å². The number of nitrogens with zero attached hydrogens (tertiary/aromatic N) is 4. The molecule has 18 heteroatoms. The number of hydrogen-bond acceptors (Lipinski definition) is 14. The van der Waals surface area contributed by atoms with Gasteiger partial charge >= 0.3 is 0 Å². The second-order valence-electron chi connectivity index (χ2n) is 39.5. The molecule has 0 spiro atoms. The maximum atomic E-state index is 13.7. The van der Waals surface area contributed by atoms with E-state index in [1.165, 1.54) is 346 Å². The third kappa shape index (κ3) is 31.6. The summed E-state index contributed by atoms with van der Waals surface area (Å²) >= 11 is 25.5. The SMILES string of the molecule is CCCCCCCCCCC(CCCCCCCC)c1c2nc(c(C#Cc3cc(CCCCCC)c(-c4ccc(-c5sc(/C=C6\SC(=S)N(CC)C6=O)cc5CCCCCC)s4)s3)c3ccc([nH]3)c(C(CCCCCCCC)CCCCCCCCCC)c3ccc([nH]3)c(C#Cc3cc(CCCCCC)c(-c4ccc(-c5sc(/C=C6\SC(=S)N(CC)C6=O)cc5CCCCCC)s4)s3)c3nc1C=C3)C=C2. The zero-order valence-electron chi connectivity index (χ0n) is 86.4. The van der Waals surface area contributed by atoms with Gasteiger partial charge in [0.05, 0.1) is 64.5 Å². The van der Waals surface area contributed by atoms with Gasteiger partial charge in [-0.25, -0.2) is 9.97 Å². The van der Waals surface area contributed by atoms with Gasteiger partial charge in [-0.15, -0.1) is 68.0 Å². The van der Waals surface area contributed by atoms with Crippen molar-refractivity contribution in [2.45, 2.75) is 415 Å². The maximum absolute atomic E-state index is 13.7. The standard InChI is InChI=1S/C122H160N6O2S10/c1-11-21-29-37-41-43-47-55-59-87(57-53-45-39-31-23-13-3)113-103-73-69-99(123-103)97(67-65-93-81-89(61-49-33-25-15-5)115(133-93)107-77-79-109(137-107)117-91(63-51-35-27-17-7)83-95(135-117)85-111-119(129)127(19-9)121(131)139-111)101-71-75-105(125-101)114(88(58-54-46-40-32-24-14-4)60-56-48-44-42-38-30-22-12-2)106-76-72-102(126-106)98(100-70-74-104(113)124-100)68-66-94-82-90(62-50-34-26-16-6)116(134-94)108-78-80-110(138-108)118-92(64-52-36-28-18-8)84-96(136-118)86-112-120(130)128(20-10)122(132)140-112/h69-88,123-124H,11-64H2,1-10H3/b99-97?,100-98?,101-97?,102-98?,111-85-,112-86-,113-103?,113-104?,114-105?,114-106?. The first-order valence-corrected chi connectivity index (χ1v) is 62.5. The summed E-state index contributed by atoms with van der Waals surface area (Å²) in [5.74, 6) is 16.5. The highest BCUT2D eigenvalue weighted by Gasteiger charge is 2.34. The normalized spacial score (nSPS) is 14.2. The number of thiocarbonyl (C=S) groups is 2. The van der Waals surface area contributed by atoms with Crippen LogP contribution >= 0.6 is 116 Å². The first kappa shape index (κ1) is 110. The zero-order chi connectivity index (χ0) is 98.2. The Labute approximate surface area is 886 Å². The number of carbonyl (C=O) groups excluding carboxylic acids is 2. The van der Waals surface area contributed by atoms with Gasteiger partial charge in [-0.3, -0.25) is 19.4 Å². The van der Waals surface area contributed by atoms with Crippen molar-refractivity contribution in [1.82, 2.24) is 29.7 Å². The molecule has 2 atom stereocenters. The van der Waals surface area contributed by atoms with Crippen molar-refractivity contribution < 1.29 is 9.59 Å². The summed E-state index contributed by atoms with van der Waals surface area (Å²) < 4.78 is 1.28. The Kier molecular flexibility index (Phi) is 47.1. The second kappa shape index (κ2) is 59.7. The van der Waals surface area contributed by atoms with Gasteiger partial charge in [0.25, 0.3) is 11.8 Å². The van der Waals surface area contributed by atoms with Crippen LogP contribution in [0.1, 0.15) is 476 Å². The summed E-state index contributed by atoms with van der Waals surface area (Å²) in [6.45, 7) is 23.7. The Morgan fingerprint density at radius 2 is 0.593 bits per heavy atom. The Balaban J connectivity index is 0.991. The van der Waals surface area contributed by atoms with E-state index in [1.807, 2.05) is 81.9 Å². The largest absolute Gasteiger partial charge is 0.354 e. The number of aromatic nitrogens is 4. The fourth-order valence-electron chi connectivity index (χ4n) is 20.4. The van der Waals surface area contributed by atoms with Gasteiger partial charge in [0.1, 0.15) is 8.64 Å². The van der Waals surface area contributed by atoms with Crippen LogP contribution in [-0.4, -0.2) is 63.3 Å². The van der Waals surface area contributed by atoms with E-state index < -0.39 is 0 Å². The zero-order valence-corrected chi connectivity index (χ0v) is 94.6. The van der Waals surface area contributed by atoms with Crippen LogP contribution in [0, 0.1) is 23.7 Å². The van der Waals surface area contributed by atoms with Crippen LogP contribution in [0.5, 0.6) is 0 Å². The minimum atomic E-state index is 0.0143. The number of thioether (sulfide) groups is 2. The van der Waals surface area contributed by atoms with Crippen LogP contribution < -0.4 is 0 Å². The molecule has 0 radical (unpaired) electrons. The van der Waals surface area contributed by atoms with Gasteiger partial charge in [-0.2, -0.15) is 0 Å². The van der Waals surface area contributed by atoms with Crippen LogP contribution in [0.4, 0.5) is 0 Å². The maximum Gasteiger partial charge on any atom is 0.266 e. The number of likely N-dealkylation sites (N-methyl/N-ethyl adjacent to an activating group) is 2. The molecule has 13 rings (SSSR count). The van der Waals surface area contributed by atoms with Gasteiger partial charge in [-0.05, 0) is 234 Å². The molecule has 13 heterocycles. The molecule has 8 nitrogen and oxygen atoms in total. The molecular formula is C122H160N6O2S10. The number of hydrogen-bond donors (Lipinski definition) is 2. The summed E-state index contributed by atoms with van der Waals surface area (Å²) in [4.78, 5) is 67.6. The number of carbonyl (C=O) groups is 2. The van der Waals surface area contributed by atoms with Crippen LogP contribution in [0.3, 0.4) is 0 Å². The quantitative estimate of drug-likeness (QED) is 0.0168. The Morgan fingerprint density at radius 3 is 0.907 bits per heavy atom. The molecule has 4 aliphatic rings. The highest BCUT2D eigenvalue weighted by atomic mass is 32.2. The summed E-state index contributed by atoms with van der Waals surface area (Å²) in [5, 5.41) is 0. The van der Waals surface area contributed by atoms with Gasteiger partial charge in [-0.1, -0.05) is 384 Å². The van der Waals surface area contributed by atoms with E-state index in [9.17, 15) is 9.59 Å². The number of thiophene rings is 6. The van der Waals surface area contributed by atoms with Crippen molar-refractivity contribution in [3.8, 4) is 62.7 Å².